The van der Waals surface area contributed by atoms with E-state index in [4.69, 9.17) is 11.6 Å². The maximum atomic E-state index is 12.2. The van der Waals surface area contributed by atoms with Gasteiger partial charge in [-0.2, -0.15) is 4.68 Å². The summed E-state index contributed by atoms with van der Waals surface area (Å²) in [4.78, 5) is 12.2. The number of hydrogen-bond acceptors (Lipinski definition) is 4. The number of nitrogens with one attached hydrogen (secondary N) is 1. The van der Waals surface area contributed by atoms with Crippen molar-refractivity contribution in [2.45, 2.75) is 19.3 Å². The van der Waals surface area contributed by atoms with Gasteiger partial charge in [0, 0.05) is 18.2 Å². The number of amides is 1. The van der Waals surface area contributed by atoms with Crippen molar-refractivity contribution in [2.24, 2.45) is 0 Å². The Morgan fingerprint density at radius 1 is 1.00 bits per heavy atom. The van der Waals surface area contributed by atoms with Crippen molar-refractivity contribution in [1.82, 2.24) is 20.2 Å². The van der Waals surface area contributed by atoms with Gasteiger partial charge in [-0.3, -0.25) is 4.79 Å². The zero-order chi connectivity index (χ0) is 19.3. The summed E-state index contributed by atoms with van der Waals surface area (Å²) in [7, 11) is 0. The smallest absolute Gasteiger partial charge is 0.224 e. The number of anilines is 1. The lowest BCUT2D eigenvalue weighted by molar-refractivity contribution is -0.116. The molecule has 0 unspecified atom stereocenters. The molecule has 0 radical (unpaired) electrons. The van der Waals surface area contributed by atoms with Crippen LogP contribution in [-0.2, 0) is 11.2 Å². The zero-order valence-electron chi connectivity index (χ0n) is 15.0. The predicted molar refractivity (Wildman–Crippen MR) is 110 cm³/mol. The minimum Gasteiger partial charge on any atom is -0.325 e. The molecular weight excluding hydrogens is 374 g/mol. The second-order valence-electron chi connectivity index (χ2n) is 6.39. The molecule has 6 nitrogen and oxygen atoms in total. The van der Waals surface area contributed by atoms with Crippen LogP contribution in [0.3, 0.4) is 0 Å². The number of tetrazole rings is 1. The molecule has 1 aromatic heterocycles. The zero-order valence-corrected chi connectivity index (χ0v) is 15.8. The number of halogens is 1. The summed E-state index contributed by atoms with van der Waals surface area (Å²) < 4.78 is 1.74. The molecule has 0 saturated carbocycles. The van der Waals surface area contributed by atoms with Gasteiger partial charge in [0.15, 0.2) is 5.82 Å². The Morgan fingerprint density at radius 2 is 1.79 bits per heavy atom. The van der Waals surface area contributed by atoms with Crippen molar-refractivity contribution in [3.63, 3.8) is 0 Å². The molecule has 7 heteroatoms. The van der Waals surface area contributed by atoms with E-state index in [1.807, 2.05) is 42.5 Å². The first-order valence-corrected chi connectivity index (χ1v) is 9.40. The highest BCUT2D eigenvalue weighted by Gasteiger charge is 2.12. The highest BCUT2D eigenvalue weighted by atomic mass is 35.5. The number of para-hydroxylation sites is 1. The van der Waals surface area contributed by atoms with E-state index in [2.05, 4.69) is 33.0 Å². The third-order valence-corrected chi connectivity index (χ3v) is 4.81. The van der Waals surface area contributed by atoms with Gasteiger partial charge in [-0.25, -0.2) is 0 Å². The normalized spacial score (nSPS) is 10.9. The molecule has 0 spiro atoms. The topological polar surface area (TPSA) is 72.7 Å². The fourth-order valence-corrected chi connectivity index (χ4v) is 3.31. The van der Waals surface area contributed by atoms with Crippen LogP contribution in [0.1, 0.15) is 18.7 Å². The third-order valence-electron chi connectivity index (χ3n) is 4.48. The summed E-state index contributed by atoms with van der Waals surface area (Å²) in [6.07, 6.45) is 1.57. The van der Waals surface area contributed by atoms with Crippen molar-refractivity contribution in [3.05, 3.63) is 77.6 Å². The van der Waals surface area contributed by atoms with Gasteiger partial charge in [0.1, 0.15) is 0 Å². The van der Waals surface area contributed by atoms with Gasteiger partial charge in [0.2, 0.25) is 5.91 Å². The molecule has 4 rings (SSSR count). The second-order valence-corrected chi connectivity index (χ2v) is 6.79. The molecule has 0 atom stereocenters. The molecule has 0 fully saturated rings. The average Bonchev–Trinajstić information content (AvgIpc) is 3.17. The molecule has 0 bridgehead atoms. The lowest BCUT2D eigenvalue weighted by Gasteiger charge is -2.09. The van der Waals surface area contributed by atoms with E-state index in [-0.39, 0.29) is 5.91 Å². The summed E-state index contributed by atoms with van der Waals surface area (Å²) in [5, 5.41) is 17.7. The standard InChI is InChI=1S/C21H18ClN5O/c22-17-10-3-4-11-18(17)23-21(28)14-6-13-20-24-25-26-27(20)19-12-5-8-15-7-1-2-9-16(15)19/h1-5,7-12H,6,13-14H2,(H,23,28). The van der Waals surface area contributed by atoms with Crippen LogP contribution in [0.2, 0.25) is 5.02 Å². The maximum Gasteiger partial charge on any atom is 0.224 e. The van der Waals surface area contributed by atoms with E-state index in [0.717, 1.165) is 22.3 Å². The number of benzene rings is 3. The van der Waals surface area contributed by atoms with E-state index >= 15 is 0 Å². The Bertz CT molecular complexity index is 1120. The van der Waals surface area contributed by atoms with Crippen molar-refractivity contribution in [1.29, 1.82) is 0 Å². The summed E-state index contributed by atoms with van der Waals surface area (Å²) in [6.45, 7) is 0. The minimum atomic E-state index is -0.0858. The number of carbonyl (C=O) groups excluding carboxylic acids is 1. The van der Waals surface area contributed by atoms with Crippen LogP contribution in [0, 0.1) is 0 Å². The fourth-order valence-electron chi connectivity index (χ4n) is 3.12. The van der Waals surface area contributed by atoms with Gasteiger partial charge in [0.25, 0.3) is 0 Å². The maximum absolute atomic E-state index is 12.2. The lowest BCUT2D eigenvalue weighted by Crippen LogP contribution is -2.12. The van der Waals surface area contributed by atoms with E-state index in [1.54, 1.807) is 16.8 Å². The average molecular weight is 392 g/mol. The van der Waals surface area contributed by atoms with E-state index in [9.17, 15) is 4.79 Å². The monoisotopic (exact) mass is 391 g/mol. The molecule has 0 aliphatic heterocycles. The first-order chi connectivity index (χ1) is 13.7. The number of hydrogen-bond donors (Lipinski definition) is 1. The Labute approximate surface area is 167 Å². The van der Waals surface area contributed by atoms with Crippen LogP contribution in [-0.4, -0.2) is 26.1 Å². The first-order valence-electron chi connectivity index (χ1n) is 9.02. The van der Waals surface area contributed by atoms with Crippen molar-refractivity contribution >= 4 is 34.0 Å². The van der Waals surface area contributed by atoms with Crippen molar-refractivity contribution in [3.8, 4) is 5.69 Å². The molecule has 28 heavy (non-hydrogen) atoms. The number of rotatable bonds is 6. The van der Waals surface area contributed by atoms with E-state index in [1.165, 1.54) is 0 Å². The van der Waals surface area contributed by atoms with Crippen LogP contribution in [0.15, 0.2) is 66.7 Å². The summed E-state index contributed by atoms with van der Waals surface area (Å²) in [6, 6.07) is 21.3. The number of fused-ring (bicyclic) bond motifs is 1. The van der Waals surface area contributed by atoms with Crippen LogP contribution >= 0.6 is 11.6 Å². The Balaban J connectivity index is 1.44. The minimum absolute atomic E-state index is 0.0858. The van der Waals surface area contributed by atoms with Crippen LogP contribution < -0.4 is 5.32 Å². The van der Waals surface area contributed by atoms with E-state index < -0.39 is 0 Å². The number of nitrogens with zero attached hydrogens (tertiary/aromatic N) is 4. The fraction of sp³-hybridized carbons (Fsp3) is 0.143. The number of aromatic nitrogens is 4. The first kappa shape index (κ1) is 18.1. The van der Waals surface area contributed by atoms with Gasteiger partial charge >= 0.3 is 0 Å². The summed E-state index contributed by atoms with van der Waals surface area (Å²) >= 11 is 6.08. The summed E-state index contributed by atoms with van der Waals surface area (Å²) in [5.74, 6) is 0.638. The Kier molecular flexibility index (Phi) is 5.30. The number of aryl methyl sites for hydroxylation is 1. The van der Waals surface area contributed by atoms with Crippen LogP contribution in [0.25, 0.3) is 16.5 Å². The molecule has 4 aromatic rings. The van der Waals surface area contributed by atoms with E-state index in [0.29, 0.717) is 30.0 Å². The largest absolute Gasteiger partial charge is 0.325 e. The molecule has 1 N–H and O–H groups in total. The van der Waals surface area contributed by atoms with Crippen LogP contribution in [0.5, 0.6) is 0 Å². The lowest BCUT2D eigenvalue weighted by atomic mass is 10.1. The third kappa shape index (κ3) is 3.87. The van der Waals surface area contributed by atoms with Gasteiger partial charge < -0.3 is 5.32 Å². The molecule has 3 aromatic carbocycles. The quantitative estimate of drug-likeness (QED) is 0.527. The highest BCUT2D eigenvalue weighted by Crippen LogP contribution is 2.23. The van der Waals surface area contributed by atoms with Gasteiger partial charge in [0.05, 0.1) is 16.4 Å². The molecule has 0 aliphatic rings. The van der Waals surface area contributed by atoms with Crippen molar-refractivity contribution < 1.29 is 4.79 Å². The highest BCUT2D eigenvalue weighted by molar-refractivity contribution is 6.33. The Hall–Kier alpha value is -3.25. The SMILES string of the molecule is O=C(CCCc1nnnn1-c1cccc2ccccc12)Nc1ccccc1Cl. The van der Waals surface area contributed by atoms with Gasteiger partial charge in [-0.1, -0.05) is 60.1 Å². The molecule has 0 saturated heterocycles. The molecule has 0 aliphatic carbocycles. The predicted octanol–water partition coefficient (Wildman–Crippen LogP) is 4.43. The molecule has 1 amide bonds. The van der Waals surface area contributed by atoms with Crippen molar-refractivity contribution in [2.75, 3.05) is 5.32 Å². The molecular formula is C21H18ClN5O. The number of carbonyl (C=O) groups is 1. The molecule has 140 valence electrons. The second kappa shape index (κ2) is 8.19. The van der Waals surface area contributed by atoms with Crippen LogP contribution in [0.4, 0.5) is 5.69 Å². The summed E-state index contributed by atoms with van der Waals surface area (Å²) in [5.41, 5.74) is 1.55. The van der Waals surface area contributed by atoms with Gasteiger partial charge in [-0.15, -0.1) is 5.10 Å². The molecule has 1 heterocycles. The Morgan fingerprint density at radius 3 is 2.68 bits per heavy atom. The van der Waals surface area contributed by atoms with Gasteiger partial charge in [-0.05, 0) is 40.4 Å².